The number of hydrogen-bond acceptors (Lipinski definition) is 7. The zero-order valence-electron chi connectivity index (χ0n) is 19.6. The molecule has 178 valence electrons. The molecule has 1 aliphatic carbocycles. The minimum Gasteiger partial charge on any atom is -0.465 e. The maximum absolute atomic E-state index is 14.4. The molecule has 7 nitrogen and oxygen atoms in total. The van der Waals surface area contributed by atoms with Crippen molar-refractivity contribution in [2.75, 3.05) is 19.1 Å². The first-order valence-corrected chi connectivity index (χ1v) is 11.4. The van der Waals surface area contributed by atoms with Gasteiger partial charge in [-0.3, -0.25) is 4.79 Å². The maximum atomic E-state index is 14.4. The Morgan fingerprint density at radius 3 is 2.22 bits per heavy atom. The summed E-state index contributed by atoms with van der Waals surface area (Å²) in [5.41, 5.74) is 1.51. The number of methoxy groups -OCH3 is 2. The fourth-order valence-electron chi connectivity index (χ4n) is 5.38. The highest BCUT2D eigenvalue weighted by molar-refractivity contribution is 6.20. The number of ketones is 1. The van der Waals surface area contributed by atoms with Crippen LogP contribution in [0, 0.1) is 0 Å². The maximum Gasteiger partial charge on any atom is 0.355 e. The molecule has 0 bridgehead atoms. The van der Waals surface area contributed by atoms with E-state index in [2.05, 4.69) is 0 Å². The summed E-state index contributed by atoms with van der Waals surface area (Å²) >= 11 is 0. The van der Waals surface area contributed by atoms with Crippen molar-refractivity contribution in [2.24, 2.45) is 0 Å². The molecule has 0 radical (unpaired) electrons. The summed E-state index contributed by atoms with van der Waals surface area (Å²) in [4.78, 5) is 43.0. The molecular weight excluding hydrogens is 458 g/mol. The number of Topliss-reactive ketones (excluding diaryl/α,β-unsaturated/α-hetero) is 1. The van der Waals surface area contributed by atoms with E-state index in [1.54, 1.807) is 35.2 Å². The molecule has 0 N–H and O–H groups in total. The second-order valence-electron chi connectivity index (χ2n) is 8.60. The lowest BCUT2D eigenvalue weighted by Gasteiger charge is -2.49. The third-order valence-corrected chi connectivity index (χ3v) is 6.87. The third-order valence-electron chi connectivity index (χ3n) is 6.87. The van der Waals surface area contributed by atoms with Gasteiger partial charge in [-0.2, -0.15) is 0 Å². The fraction of sp³-hybridized carbons (Fsp3) is 0.138. The number of nitrogens with zero attached hydrogens (tertiary/aromatic N) is 1. The Morgan fingerprint density at radius 1 is 0.833 bits per heavy atom. The van der Waals surface area contributed by atoms with Crippen molar-refractivity contribution in [1.82, 2.24) is 0 Å². The van der Waals surface area contributed by atoms with Crippen molar-refractivity contribution in [3.05, 3.63) is 107 Å². The van der Waals surface area contributed by atoms with Crippen molar-refractivity contribution in [2.45, 2.75) is 11.8 Å². The molecule has 3 aliphatic rings. The summed E-state index contributed by atoms with van der Waals surface area (Å²) in [5.74, 6) is -2.09. The normalized spacial score (nSPS) is 21.3. The molecule has 1 spiro atoms. The van der Waals surface area contributed by atoms with E-state index in [4.69, 9.17) is 14.2 Å². The molecule has 3 aromatic rings. The van der Waals surface area contributed by atoms with Gasteiger partial charge in [0.15, 0.2) is 11.8 Å². The minimum atomic E-state index is -1.93. The standard InChI is InChI=1S/C29H21NO6/c1-34-27(32)24-25(28(33)35-2)30-22-14-8-3-9-17(22)15-16-23(30)36-29(24)21-13-7-6-11-19(21)18-10-4-5-12-20(18)26(29)31/h3-16,23H,1-2H3. The van der Waals surface area contributed by atoms with Crippen LogP contribution in [0.2, 0.25) is 0 Å². The van der Waals surface area contributed by atoms with Crippen LogP contribution in [-0.2, 0) is 29.4 Å². The molecule has 2 heterocycles. The fourth-order valence-corrected chi connectivity index (χ4v) is 5.38. The Labute approximate surface area is 207 Å². The lowest BCUT2D eigenvalue weighted by Crippen LogP contribution is -2.58. The molecule has 6 rings (SSSR count). The second-order valence-corrected chi connectivity index (χ2v) is 8.60. The van der Waals surface area contributed by atoms with E-state index in [0.29, 0.717) is 16.8 Å². The van der Waals surface area contributed by atoms with Gasteiger partial charge in [-0.25, -0.2) is 9.59 Å². The molecule has 0 saturated heterocycles. The molecule has 2 unspecified atom stereocenters. The van der Waals surface area contributed by atoms with Gasteiger partial charge in [0.25, 0.3) is 0 Å². The van der Waals surface area contributed by atoms with Crippen LogP contribution in [0.4, 0.5) is 5.69 Å². The van der Waals surface area contributed by atoms with Gasteiger partial charge in [-0.1, -0.05) is 72.8 Å². The number of fused-ring (bicyclic) bond motifs is 7. The van der Waals surface area contributed by atoms with E-state index >= 15 is 0 Å². The SMILES string of the molecule is COC(=O)C1=C(C(=O)OC)C2(OC3C=Cc4ccccc4N13)C(=O)c1ccccc1-c1ccccc12. The summed E-state index contributed by atoms with van der Waals surface area (Å²) in [7, 11) is 2.44. The van der Waals surface area contributed by atoms with Crippen molar-refractivity contribution in [3.8, 4) is 11.1 Å². The van der Waals surface area contributed by atoms with E-state index < -0.39 is 29.6 Å². The van der Waals surface area contributed by atoms with Gasteiger partial charge in [0.2, 0.25) is 5.78 Å². The third kappa shape index (κ3) is 2.80. The van der Waals surface area contributed by atoms with Crippen molar-refractivity contribution >= 4 is 29.5 Å². The number of para-hydroxylation sites is 1. The molecule has 7 heteroatoms. The number of ether oxygens (including phenoxy) is 3. The molecule has 2 atom stereocenters. The number of benzene rings is 3. The Kier molecular flexibility index (Phi) is 4.91. The molecule has 0 fully saturated rings. The van der Waals surface area contributed by atoms with E-state index in [9.17, 15) is 14.4 Å². The van der Waals surface area contributed by atoms with Gasteiger partial charge in [0.1, 0.15) is 11.3 Å². The summed E-state index contributed by atoms with van der Waals surface area (Å²) in [6.07, 6.45) is 2.76. The van der Waals surface area contributed by atoms with Gasteiger partial charge >= 0.3 is 11.9 Å². The van der Waals surface area contributed by atoms with Gasteiger partial charge in [0.05, 0.1) is 19.9 Å². The second kappa shape index (κ2) is 8.03. The van der Waals surface area contributed by atoms with E-state index in [1.807, 2.05) is 54.6 Å². The molecule has 0 saturated carbocycles. The molecular formula is C29H21NO6. The van der Waals surface area contributed by atoms with Crippen LogP contribution >= 0.6 is 0 Å². The predicted octanol–water partition coefficient (Wildman–Crippen LogP) is 4.24. The summed E-state index contributed by atoms with van der Waals surface area (Å²) in [6, 6.07) is 21.8. The highest BCUT2D eigenvalue weighted by Crippen LogP contribution is 2.53. The topological polar surface area (TPSA) is 82.1 Å². The lowest BCUT2D eigenvalue weighted by molar-refractivity contribution is -0.145. The zero-order valence-corrected chi connectivity index (χ0v) is 19.6. The van der Waals surface area contributed by atoms with E-state index in [0.717, 1.165) is 16.7 Å². The van der Waals surface area contributed by atoms with E-state index in [1.165, 1.54) is 14.2 Å². The summed E-state index contributed by atoms with van der Waals surface area (Å²) in [6.45, 7) is 0. The Bertz CT molecular complexity index is 1520. The summed E-state index contributed by atoms with van der Waals surface area (Å²) < 4.78 is 17.0. The molecule has 3 aromatic carbocycles. The monoisotopic (exact) mass is 479 g/mol. The first-order chi connectivity index (χ1) is 17.5. The number of carbonyl (C=O) groups is 3. The van der Waals surface area contributed by atoms with Crippen LogP contribution in [0.1, 0.15) is 21.5 Å². The molecule has 36 heavy (non-hydrogen) atoms. The number of esters is 2. The largest absolute Gasteiger partial charge is 0.465 e. The van der Waals surface area contributed by atoms with Crippen LogP contribution in [0.3, 0.4) is 0 Å². The first kappa shape index (κ1) is 22.0. The number of rotatable bonds is 2. The van der Waals surface area contributed by atoms with Gasteiger partial charge in [-0.15, -0.1) is 0 Å². The molecule has 2 aliphatic heterocycles. The number of carbonyl (C=O) groups excluding carboxylic acids is 3. The van der Waals surface area contributed by atoms with Gasteiger partial charge < -0.3 is 19.1 Å². The smallest absolute Gasteiger partial charge is 0.355 e. The highest BCUT2D eigenvalue weighted by atomic mass is 16.6. The minimum absolute atomic E-state index is 0.0973. The average molecular weight is 479 g/mol. The zero-order chi connectivity index (χ0) is 25.0. The van der Waals surface area contributed by atoms with Crippen molar-refractivity contribution in [3.63, 3.8) is 0 Å². The molecule has 0 amide bonds. The Hall–Kier alpha value is -4.49. The van der Waals surface area contributed by atoms with Gasteiger partial charge in [0, 0.05) is 11.1 Å². The van der Waals surface area contributed by atoms with Crippen molar-refractivity contribution < 1.29 is 28.6 Å². The Balaban J connectivity index is 1.76. The molecule has 0 aromatic heterocycles. The number of hydrogen-bond donors (Lipinski definition) is 0. The van der Waals surface area contributed by atoms with E-state index in [-0.39, 0.29) is 11.3 Å². The summed E-state index contributed by atoms with van der Waals surface area (Å²) in [5, 5.41) is 0. The lowest BCUT2D eigenvalue weighted by atomic mass is 9.69. The highest BCUT2D eigenvalue weighted by Gasteiger charge is 2.60. The Morgan fingerprint density at radius 2 is 1.47 bits per heavy atom. The van der Waals surface area contributed by atoms with Crippen LogP contribution in [0.25, 0.3) is 17.2 Å². The van der Waals surface area contributed by atoms with Crippen LogP contribution < -0.4 is 4.90 Å². The quantitative estimate of drug-likeness (QED) is 0.509. The predicted molar refractivity (Wildman–Crippen MR) is 132 cm³/mol. The first-order valence-electron chi connectivity index (χ1n) is 11.4. The van der Waals surface area contributed by atoms with Crippen molar-refractivity contribution in [1.29, 1.82) is 0 Å². The van der Waals surface area contributed by atoms with Crippen LogP contribution in [0.15, 0.2) is 90.1 Å². The van der Waals surface area contributed by atoms with Gasteiger partial charge in [-0.05, 0) is 28.8 Å². The van der Waals surface area contributed by atoms with Crippen LogP contribution in [-0.4, -0.2) is 38.2 Å². The number of anilines is 1. The van der Waals surface area contributed by atoms with Crippen LogP contribution in [0.5, 0.6) is 0 Å². The average Bonchev–Trinajstić information content (AvgIpc) is 2.94.